The van der Waals surface area contributed by atoms with Crippen LogP contribution >= 0.6 is 0 Å². The molecule has 18 heavy (non-hydrogen) atoms. The lowest BCUT2D eigenvalue weighted by atomic mass is 9.87. The van der Waals surface area contributed by atoms with Crippen molar-refractivity contribution in [2.45, 2.75) is 32.3 Å². The largest absolute Gasteiger partial charge is 0.481 e. The Hall–Kier alpha value is -1.35. The molecule has 0 heterocycles. The zero-order chi connectivity index (χ0) is 13.1. The zero-order valence-corrected chi connectivity index (χ0v) is 10.6. The van der Waals surface area contributed by atoms with Crippen molar-refractivity contribution in [1.82, 2.24) is 0 Å². The third kappa shape index (κ3) is 2.56. The summed E-state index contributed by atoms with van der Waals surface area (Å²) in [5, 5.41) is 19.7. The number of hydrogen-bond acceptors (Lipinski definition) is 2. The van der Waals surface area contributed by atoms with E-state index in [9.17, 15) is 15.0 Å². The van der Waals surface area contributed by atoms with E-state index in [1.807, 2.05) is 30.3 Å². The first-order valence-corrected chi connectivity index (χ1v) is 6.59. The summed E-state index contributed by atoms with van der Waals surface area (Å²) in [5.41, 5.74) is 0.825. The number of aliphatic hydroxyl groups is 1. The number of benzene rings is 1. The zero-order valence-electron chi connectivity index (χ0n) is 10.6. The van der Waals surface area contributed by atoms with Crippen LogP contribution in [-0.4, -0.2) is 16.2 Å². The van der Waals surface area contributed by atoms with E-state index in [1.165, 1.54) is 0 Å². The highest BCUT2D eigenvalue weighted by molar-refractivity contribution is 5.71. The van der Waals surface area contributed by atoms with Crippen molar-refractivity contribution in [1.29, 1.82) is 0 Å². The molecule has 98 valence electrons. The second-order valence-corrected chi connectivity index (χ2v) is 5.21. The van der Waals surface area contributed by atoms with Gasteiger partial charge in [-0.25, -0.2) is 0 Å². The molecule has 1 fully saturated rings. The molecule has 2 N–H and O–H groups in total. The number of aliphatic hydroxyl groups excluding tert-OH is 1. The van der Waals surface area contributed by atoms with Gasteiger partial charge in [-0.2, -0.15) is 0 Å². The van der Waals surface area contributed by atoms with Crippen LogP contribution in [0, 0.1) is 17.8 Å². The van der Waals surface area contributed by atoms with Gasteiger partial charge in [-0.1, -0.05) is 43.7 Å². The third-order valence-corrected chi connectivity index (χ3v) is 4.15. The van der Waals surface area contributed by atoms with Crippen LogP contribution in [0.2, 0.25) is 0 Å². The molecule has 3 nitrogen and oxygen atoms in total. The summed E-state index contributed by atoms with van der Waals surface area (Å²) in [5.74, 6) is -0.916. The molecule has 0 aromatic heterocycles. The Labute approximate surface area is 107 Å². The summed E-state index contributed by atoms with van der Waals surface area (Å²) >= 11 is 0. The molecule has 4 atom stereocenters. The molecule has 3 heteroatoms. The fourth-order valence-electron chi connectivity index (χ4n) is 3.04. The smallest absolute Gasteiger partial charge is 0.306 e. The third-order valence-electron chi connectivity index (χ3n) is 4.15. The molecule has 1 aliphatic carbocycles. The molecule has 0 saturated heterocycles. The van der Waals surface area contributed by atoms with Gasteiger partial charge < -0.3 is 10.2 Å². The van der Waals surface area contributed by atoms with Gasteiger partial charge in [-0.05, 0) is 24.3 Å². The molecular formula is C15H20O3. The van der Waals surface area contributed by atoms with Crippen molar-refractivity contribution < 1.29 is 15.0 Å². The van der Waals surface area contributed by atoms with Crippen molar-refractivity contribution in [2.75, 3.05) is 0 Å². The molecule has 2 rings (SSSR count). The average Bonchev–Trinajstić information content (AvgIpc) is 2.83. The van der Waals surface area contributed by atoms with Crippen LogP contribution < -0.4 is 0 Å². The molecule has 1 saturated carbocycles. The average molecular weight is 248 g/mol. The first kappa shape index (κ1) is 13.1. The van der Waals surface area contributed by atoms with Gasteiger partial charge in [0.25, 0.3) is 0 Å². The van der Waals surface area contributed by atoms with E-state index < -0.39 is 18.0 Å². The van der Waals surface area contributed by atoms with Crippen LogP contribution in [0.3, 0.4) is 0 Å². The van der Waals surface area contributed by atoms with E-state index in [-0.39, 0.29) is 5.92 Å². The highest BCUT2D eigenvalue weighted by Crippen LogP contribution is 2.44. The summed E-state index contributed by atoms with van der Waals surface area (Å²) in [6.45, 7) is 2.08. The normalized spacial score (nSPS) is 29.1. The molecule has 0 spiro atoms. The second kappa shape index (κ2) is 5.53. The van der Waals surface area contributed by atoms with Crippen LogP contribution in [0.4, 0.5) is 0 Å². The maximum Gasteiger partial charge on any atom is 0.306 e. The first-order valence-electron chi connectivity index (χ1n) is 6.59. The maximum atomic E-state index is 11.3. The maximum absolute atomic E-state index is 11.3. The molecule has 1 aromatic rings. The molecule has 0 radical (unpaired) electrons. The lowest BCUT2D eigenvalue weighted by Crippen LogP contribution is -2.23. The van der Waals surface area contributed by atoms with Crippen LogP contribution in [0.25, 0.3) is 0 Å². The Bertz CT molecular complexity index is 401. The number of carboxylic acid groups (broad SMARTS) is 1. The number of carboxylic acids is 1. The van der Waals surface area contributed by atoms with Gasteiger partial charge in [0.2, 0.25) is 0 Å². The van der Waals surface area contributed by atoms with E-state index in [1.54, 1.807) is 0 Å². The van der Waals surface area contributed by atoms with E-state index >= 15 is 0 Å². The van der Waals surface area contributed by atoms with E-state index in [0.717, 1.165) is 18.4 Å². The first-order chi connectivity index (χ1) is 8.63. The Morgan fingerprint density at radius 3 is 2.56 bits per heavy atom. The molecule has 4 unspecified atom stereocenters. The van der Waals surface area contributed by atoms with Crippen molar-refractivity contribution in [3.8, 4) is 0 Å². The lowest BCUT2D eigenvalue weighted by Gasteiger charge is -2.22. The second-order valence-electron chi connectivity index (χ2n) is 5.21. The highest BCUT2D eigenvalue weighted by atomic mass is 16.4. The number of aliphatic carboxylic acids is 1. The van der Waals surface area contributed by atoms with Crippen molar-refractivity contribution in [3.63, 3.8) is 0 Å². The quantitative estimate of drug-likeness (QED) is 0.861. The fraction of sp³-hybridized carbons (Fsp3) is 0.533. The lowest BCUT2D eigenvalue weighted by molar-refractivity contribution is -0.144. The minimum Gasteiger partial charge on any atom is -0.481 e. The van der Waals surface area contributed by atoms with Gasteiger partial charge in [-0.15, -0.1) is 0 Å². The molecular weight excluding hydrogens is 228 g/mol. The van der Waals surface area contributed by atoms with Crippen molar-refractivity contribution >= 4 is 5.97 Å². The SMILES string of the molecule is CCC1CC(C(=O)O)C(C(O)c2ccccc2)C1. The Kier molecular flexibility index (Phi) is 4.02. The van der Waals surface area contributed by atoms with Gasteiger partial charge in [0, 0.05) is 5.92 Å². The predicted molar refractivity (Wildman–Crippen MR) is 69.0 cm³/mol. The molecule has 0 bridgehead atoms. The van der Waals surface area contributed by atoms with Crippen LogP contribution in [0.15, 0.2) is 30.3 Å². The summed E-state index contributed by atoms with van der Waals surface area (Å²) in [4.78, 5) is 11.3. The van der Waals surface area contributed by atoms with Crippen LogP contribution in [-0.2, 0) is 4.79 Å². The summed E-state index contributed by atoms with van der Waals surface area (Å²) in [6, 6.07) is 9.38. The van der Waals surface area contributed by atoms with Gasteiger partial charge in [0.1, 0.15) is 0 Å². The Morgan fingerprint density at radius 1 is 1.33 bits per heavy atom. The number of hydrogen-bond donors (Lipinski definition) is 2. The molecule has 0 amide bonds. The fourth-order valence-corrected chi connectivity index (χ4v) is 3.04. The predicted octanol–water partition coefficient (Wildman–Crippen LogP) is 2.86. The van der Waals surface area contributed by atoms with Crippen LogP contribution in [0.5, 0.6) is 0 Å². The number of rotatable bonds is 4. The van der Waals surface area contributed by atoms with Crippen LogP contribution in [0.1, 0.15) is 37.9 Å². The van der Waals surface area contributed by atoms with E-state index in [4.69, 9.17) is 0 Å². The van der Waals surface area contributed by atoms with Gasteiger partial charge in [-0.3, -0.25) is 4.79 Å². The van der Waals surface area contributed by atoms with E-state index in [0.29, 0.717) is 12.3 Å². The van der Waals surface area contributed by atoms with Gasteiger partial charge in [0.05, 0.1) is 12.0 Å². The molecule has 1 aliphatic rings. The molecule has 1 aromatic carbocycles. The van der Waals surface area contributed by atoms with Gasteiger partial charge in [0.15, 0.2) is 0 Å². The standard InChI is InChI=1S/C15H20O3/c1-2-10-8-12(13(9-10)15(17)18)14(16)11-6-4-3-5-7-11/h3-7,10,12-14,16H,2,8-9H2,1H3,(H,17,18). The monoisotopic (exact) mass is 248 g/mol. The minimum atomic E-state index is -0.772. The Morgan fingerprint density at radius 2 is 2.00 bits per heavy atom. The topological polar surface area (TPSA) is 57.5 Å². The summed E-state index contributed by atoms with van der Waals surface area (Å²) in [7, 11) is 0. The van der Waals surface area contributed by atoms with Crippen molar-refractivity contribution in [3.05, 3.63) is 35.9 Å². The number of carbonyl (C=O) groups is 1. The highest BCUT2D eigenvalue weighted by Gasteiger charge is 2.42. The Balaban J connectivity index is 2.18. The van der Waals surface area contributed by atoms with Crippen molar-refractivity contribution in [2.24, 2.45) is 17.8 Å². The minimum absolute atomic E-state index is 0.158. The van der Waals surface area contributed by atoms with Gasteiger partial charge >= 0.3 is 5.97 Å². The summed E-state index contributed by atoms with van der Waals surface area (Å²) < 4.78 is 0. The summed E-state index contributed by atoms with van der Waals surface area (Å²) in [6.07, 6.45) is 1.83. The molecule has 0 aliphatic heterocycles. The van der Waals surface area contributed by atoms with E-state index in [2.05, 4.69) is 6.92 Å².